The van der Waals surface area contributed by atoms with Crippen molar-refractivity contribution in [1.82, 2.24) is 14.8 Å². The topological polar surface area (TPSA) is 69.0 Å². The van der Waals surface area contributed by atoms with Gasteiger partial charge in [0.1, 0.15) is 18.2 Å². The van der Waals surface area contributed by atoms with Crippen LogP contribution in [0.3, 0.4) is 0 Å². The van der Waals surface area contributed by atoms with Gasteiger partial charge in [0, 0.05) is 11.1 Å². The molecule has 0 fully saturated rings. The Morgan fingerprint density at radius 2 is 2.00 bits per heavy atom. The predicted octanol–water partition coefficient (Wildman–Crippen LogP) is 5.58. The zero-order chi connectivity index (χ0) is 22.5. The van der Waals surface area contributed by atoms with Gasteiger partial charge in [0.05, 0.1) is 11.4 Å². The van der Waals surface area contributed by atoms with Gasteiger partial charge < -0.3 is 14.6 Å². The molecule has 0 aliphatic rings. The molecule has 0 aliphatic heterocycles. The average molecular weight is 463 g/mol. The molecule has 1 N–H and O–H groups in total. The first-order valence-corrected chi connectivity index (χ1v) is 11.1. The summed E-state index contributed by atoms with van der Waals surface area (Å²) in [5.74, 6) is 0.601. The zero-order valence-electron chi connectivity index (χ0n) is 17.8. The Kier molecular flexibility index (Phi) is 7.56. The largest absolute Gasteiger partial charge is 0.485 e. The average Bonchev–Trinajstić information content (AvgIpc) is 3.12. The molecule has 2 aromatic carbocycles. The van der Waals surface area contributed by atoms with E-state index >= 15 is 0 Å². The lowest BCUT2D eigenvalue weighted by molar-refractivity contribution is -0.113. The highest BCUT2D eigenvalue weighted by atomic mass is 35.5. The SMILES string of the molecule is Cc1ccc(C)c(OCc2nnc(SCC(=O)Nc3ccc(Cl)cc3F)n2C(C)C)c1. The van der Waals surface area contributed by atoms with Crippen molar-refractivity contribution in [2.45, 2.75) is 45.5 Å². The first kappa shape index (κ1) is 23.1. The lowest BCUT2D eigenvalue weighted by Crippen LogP contribution is -2.16. The molecule has 0 aliphatic carbocycles. The predicted molar refractivity (Wildman–Crippen MR) is 121 cm³/mol. The summed E-state index contributed by atoms with van der Waals surface area (Å²) in [5.41, 5.74) is 2.25. The van der Waals surface area contributed by atoms with Gasteiger partial charge in [0.2, 0.25) is 5.91 Å². The molecule has 0 bridgehead atoms. The van der Waals surface area contributed by atoms with Gasteiger partial charge in [-0.05, 0) is 63.1 Å². The van der Waals surface area contributed by atoms with Gasteiger partial charge in [0.15, 0.2) is 11.0 Å². The van der Waals surface area contributed by atoms with E-state index in [1.165, 1.54) is 23.9 Å². The Bertz CT molecular complexity index is 1090. The van der Waals surface area contributed by atoms with E-state index in [-0.39, 0.29) is 35.0 Å². The third kappa shape index (κ3) is 5.98. The lowest BCUT2D eigenvalue weighted by Gasteiger charge is -2.15. The van der Waals surface area contributed by atoms with Crippen LogP contribution in [0.25, 0.3) is 0 Å². The molecule has 3 rings (SSSR count). The van der Waals surface area contributed by atoms with Crippen molar-refractivity contribution in [3.05, 3.63) is 64.2 Å². The highest BCUT2D eigenvalue weighted by molar-refractivity contribution is 7.99. The van der Waals surface area contributed by atoms with Crippen LogP contribution in [0.1, 0.15) is 36.8 Å². The fraction of sp³-hybridized carbons (Fsp3) is 0.318. The molecule has 31 heavy (non-hydrogen) atoms. The molecular weight excluding hydrogens is 439 g/mol. The Morgan fingerprint density at radius 3 is 2.71 bits per heavy atom. The number of amides is 1. The Balaban J connectivity index is 1.65. The molecule has 0 spiro atoms. The Hall–Kier alpha value is -2.58. The summed E-state index contributed by atoms with van der Waals surface area (Å²) in [4.78, 5) is 12.3. The quantitative estimate of drug-likeness (QED) is 0.442. The number of aromatic nitrogens is 3. The van der Waals surface area contributed by atoms with Crippen molar-refractivity contribution in [1.29, 1.82) is 0 Å². The van der Waals surface area contributed by atoms with Gasteiger partial charge in [-0.15, -0.1) is 10.2 Å². The molecule has 0 atom stereocenters. The van der Waals surface area contributed by atoms with Crippen molar-refractivity contribution in [3.63, 3.8) is 0 Å². The van der Waals surface area contributed by atoms with E-state index in [4.69, 9.17) is 16.3 Å². The number of halogens is 2. The number of ether oxygens (including phenoxy) is 1. The summed E-state index contributed by atoms with van der Waals surface area (Å²) < 4.78 is 21.8. The number of carbonyl (C=O) groups is 1. The molecule has 0 saturated heterocycles. The fourth-order valence-corrected chi connectivity index (χ4v) is 3.98. The van der Waals surface area contributed by atoms with Crippen molar-refractivity contribution in [2.75, 3.05) is 11.1 Å². The normalized spacial score (nSPS) is 11.1. The third-order valence-electron chi connectivity index (χ3n) is 4.49. The van der Waals surface area contributed by atoms with Crippen molar-refractivity contribution >= 4 is 35.0 Å². The molecule has 0 unspecified atom stereocenters. The van der Waals surface area contributed by atoms with E-state index < -0.39 is 5.82 Å². The first-order valence-electron chi connectivity index (χ1n) is 9.76. The Morgan fingerprint density at radius 1 is 1.23 bits per heavy atom. The van der Waals surface area contributed by atoms with Crippen LogP contribution in [-0.2, 0) is 11.4 Å². The highest BCUT2D eigenvalue weighted by Gasteiger charge is 2.18. The number of carbonyl (C=O) groups excluding carboxylic acids is 1. The second-order valence-corrected chi connectivity index (χ2v) is 8.76. The van der Waals surface area contributed by atoms with E-state index in [1.807, 2.05) is 50.5 Å². The number of nitrogens with one attached hydrogen (secondary N) is 1. The highest BCUT2D eigenvalue weighted by Crippen LogP contribution is 2.25. The molecule has 6 nitrogen and oxygen atoms in total. The van der Waals surface area contributed by atoms with Gasteiger partial charge in [-0.3, -0.25) is 4.79 Å². The van der Waals surface area contributed by atoms with Crippen molar-refractivity contribution in [2.24, 2.45) is 0 Å². The number of thioether (sulfide) groups is 1. The fourth-order valence-electron chi connectivity index (χ4n) is 2.94. The number of benzene rings is 2. The minimum absolute atomic E-state index is 0.0603. The van der Waals surface area contributed by atoms with Crippen LogP contribution in [0.15, 0.2) is 41.6 Å². The maximum Gasteiger partial charge on any atom is 0.234 e. The van der Waals surface area contributed by atoms with E-state index in [0.717, 1.165) is 22.9 Å². The summed E-state index contributed by atoms with van der Waals surface area (Å²) in [6, 6.07) is 10.2. The van der Waals surface area contributed by atoms with Crippen LogP contribution < -0.4 is 10.1 Å². The maximum atomic E-state index is 13.9. The van der Waals surface area contributed by atoms with E-state index in [2.05, 4.69) is 15.5 Å². The minimum Gasteiger partial charge on any atom is -0.485 e. The molecule has 0 radical (unpaired) electrons. The van der Waals surface area contributed by atoms with Gasteiger partial charge >= 0.3 is 0 Å². The van der Waals surface area contributed by atoms with Crippen molar-refractivity contribution in [3.8, 4) is 5.75 Å². The van der Waals surface area contributed by atoms with Crippen LogP contribution in [0, 0.1) is 19.7 Å². The smallest absolute Gasteiger partial charge is 0.234 e. The standard InChI is InChI=1S/C22H24ClFN4O2S/c1-13(2)28-20(11-30-19-9-14(3)5-6-15(19)4)26-27-22(28)31-12-21(29)25-18-8-7-16(23)10-17(18)24/h5-10,13H,11-12H2,1-4H3,(H,25,29). The summed E-state index contributed by atoms with van der Waals surface area (Å²) >= 11 is 6.97. The second-order valence-electron chi connectivity index (χ2n) is 7.38. The Labute approximate surface area is 190 Å². The second kappa shape index (κ2) is 10.2. The van der Waals surface area contributed by atoms with Gasteiger partial charge in [-0.2, -0.15) is 0 Å². The number of anilines is 1. The van der Waals surface area contributed by atoms with E-state index in [0.29, 0.717) is 11.0 Å². The van der Waals surface area contributed by atoms with Gasteiger partial charge in [-0.25, -0.2) is 4.39 Å². The molecule has 1 aromatic heterocycles. The molecule has 0 saturated carbocycles. The van der Waals surface area contributed by atoms with E-state index in [1.54, 1.807) is 0 Å². The van der Waals surface area contributed by atoms with Gasteiger partial charge in [-0.1, -0.05) is 35.5 Å². The molecule has 1 heterocycles. The molecule has 9 heteroatoms. The number of aryl methyl sites for hydroxylation is 2. The summed E-state index contributed by atoms with van der Waals surface area (Å²) in [5, 5.41) is 11.9. The monoisotopic (exact) mass is 462 g/mol. The molecule has 164 valence electrons. The lowest BCUT2D eigenvalue weighted by atomic mass is 10.1. The van der Waals surface area contributed by atoms with Crippen LogP contribution in [0.2, 0.25) is 5.02 Å². The number of hydrogen-bond acceptors (Lipinski definition) is 5. The molecule has 3 aromatic rings. The van der Waals surface area contributed by atoms with Crippen molar-refractivity contribution < 1.29 is 13.9 Å². The summed E-state index contributed by atoms with van der Waals surface area (Å²) in [6.07, 6.45) is 0. The molecular formula is C22H24ClFN4O2S. The third-order valence-corrected chi connectivity index (χ3v) is 5.67. The van der Waals surface area contributed by atoms with Crippen LogP contribution in [-0.4, -0.2) is 26.4 Å². The van der Waals surface area contributed by atoms with Crippen LogP contribution in [0.5, 0.6) is 5.75 Å². The summed E-state index contributed by atoms with van der Waals surface area (Å²) in [6.45, 7) is 8.29. The van der Waals surface area contributed by atoms with Crippen LogP contribution in [0.4, 0.5) is 10.1 Å². The zero-order valence-corrected chi connectivity index (χ0v) is 19.4. The first-order chi connectivity index (χ1) is 14.7. The minimum atomic E-state index is -0.581. The van der Waals surface area contributed by atoms with Crippen LogP contribution >= 0.6 is 23.4 Å². The maximum absolute atomic E-state index is 13.9. The molecule has 1 amide bonds. The number of nitrogens with zero attached hydrogens (tertiary/aromatic N) is 3. The van der Waals surface area contributed by atoms with Gasteiger partial charge in [0.25, 0.3) is 0 Å². The summed E-state index contributed by atoms with van der Waals surface area (Å²) in [7, 11) is 0. The number of hydrogen-bond donors (Lipinski definition) is 1. The van der Waals surface area contributed by atoms with E-state index in [9.17, 15) is 9.18 Å². The number of rotatable bonds is 8.